The molecule has 0 saturated heterocycles. The second-order valence-electron chi connectivity index (χ2n) is 3.18. The number of ether oxygens (including phenoxy) is 2. The molecule has 0 heterocycles. The van der Waals surface area contributed by atoms with Gasteiger partial charge in [-0.25, -0.2) is 0 Å². The summed E-state index contributed by atoms with van der Waals surface area (Å²) in [6, 6.07) is 8.63. The van der Waals surface area contributed by atoms with Gasteiger partial charge in [0.2, 0.25) is 5.92 Å². The van der Waals surface area contributed by atoms with Gasteiger partial charge in [0, 0.05) is 0 Å². The Labute approximate surface area is 101 Å². The molecule has 1 rings (SSSR count). The first-order chi connectivity index (χ1) is 8.20. The molecular formula is C13H15O4. The number of esters is 2. The molecule has 0 bridgehead atoms. The van der Waals surface area contributed by atoms with Gasteiger partial charge in [-0.15, -0.1) is 0 Å². The number of hydrogen-bond donors (Lipinski definition) is 0. The van der Waals surface area contributed by atoms with Crippen molar-refractivity contribution >= 4 is 11.9 Å². The van der Waals surface area contributed by atoms with Crippen molar-refractivity contribution in [1.82, 2.24) is 0 Å². The van der Waals surface area contributed by atoms with Crippen LogP contribution in [0.5, 0.6) is 0 Å². The van der Waals surface area contributed by atoms with Crippen LogP contribution in [0.15, 0.2) is 30.3 Å². The molecule has 0 aromatic heterocycles. The van der Waals surface area contributed by atoms with Crippen molar-refractivity contribution in [3.05, 3.63) is 41.8 Å². The maximum atomic E-state index is 11.7. The summed E-state index contributed by atoms with van der Waals surface area (Å²) in [5, 5.41) is 0. The zero-order valence-electron chi connectivity index (χ0n) is 9.93. The predicted molar refractivity (Wildman–Crippen MR) is 62.1 cm³/mol. The zero-order valence-corrected chi connectivity index (χ0v) is 9.93. The molecule has 0 atom stereocenters. The van der Waals surface area contributed by atoms with E-state index in [1.165, 1.54) is 0 Å². The van der Waals surface area contributed by atoms with Gasteiger partial charge in [0.15, 0.2) is 0 Å². The summed E-state index contributed by atoms with van der Waals surface area (Å²) in [6.07, 6.45) is 0. The minimum Gasteiger partial charge on any atom is -0.465 e. The Hall–Kier alpha value is -1.84. The number of hydrogen-bond acceptors (Lipinski definition) is 4. The van der Waals surface area contributed by atoms with Gasteiger partial charge in [0.1, 0.15) is 0 Å². The van der Waals surface area contributed by atoms with E-state index in [4.69, 9.17) is 9.47 Å². The second kappa shape index (κ2) is 6.68. The van der Waals surface area contributed by atoms with E-state index in [0.29, 0.717) is 5.56 Å². The molecule has 4 nitrogen and oxygen atoms in total. The summed E-state index contributed by atoms with van der Waals surface area (Å²) in [4.78, 5) is 23.4. The lowest BCUT2D eigenvalue weighted by Crippen LogP contribution is -2.27. The van der Waals surface area contributed by atoms with Crippen LogP contribution in [-0.2, 0) is 19.1 Å². The quantitative estimate of drug-likeness (QED) is 0.576. The summed E-state index contributed by atoms with van der Waals surface area (Å²) in [5.74, 6) is -1.37. The Balaban J connectivity index is 2.94. The molecule has 17 heavy (non-hydrogen) atoms. The molecule has 0 aliphatic carbocycles. The first kappa shape index (κ1) is 13.2. The molecule has 91 valence electrons. The summed E-state index contributed by atoms with van der Waals surface area (Å²) >= 11 is 0. The number of carbonyl (C=O) groups excluding carboxylic acids is 2. The van der Waals surface area contributed by atoms with Crippen molar-refractivity contribution in [3.8, 4) is 0 Å². The highest BCUT2D eigenvalue weighted by Gasteiger charge is 2.32. The summed E-state index contributed by atoms with van der Waals surface area (Å²) < 4.78 is 9.70. The molecule has 1 aromatic carbocycles. The lowest BCUT2D eigenvalue weighted by atomic mass is 9.99. The molecule has 0 amide bonds. The molecule has 0 saturated carbocycles. The Morgan fingerprint density at radius 3 is 1.82 bits per heavy atom. The average Bonchev–Trinajstić information content (AvgIpc) is 2.31. The second-order valence-corrected chi connectivity index (χ2v) is 3.18. The van der Waals surface area contributed by atoms with Crippen LogP contribution in [0.3, 0.4) is 0 Å². The van der Waals surface area contributed by atoms with Gasteiger partial charge in [-0.3, -0.25) is 9.59 Å². The van der Waals surface area contributed by atoms with Crippen LogP contribution in [-0.4, -0.2) is 25.2 Å². The summed E-state index contributed by atoms with van der Waals surface area (Å²) in [7, 11) is 0. The van der Waals surface area contributed by atoms with E-state index >= 15 is 0 Å². The van der Waals surface area contributed by atoms with Crippen LogP contribution in [0.2, 0.25) is 0 Å². The highest BCUT2D eigenvalue weighted by molar-refractivity contribution is 6.13. The van der Waals surface area contributed by atoms with Gasteiger partial charge in [0.25, 0.3) is 0 Å². The van der Waals surface area contributed by atoms with Gasteiger partial charge in [-0.2, -0.15) is 0 Å². The van der Waals surface area contributed by atoms with Crippen molar-refractivity contribution < 1.29 is 19.1 Å². The van der Waals surface area contributed by atoms with Crippen LogP contribution < -0.4 is 0 Å². The van der Waals surface area contributed by atoms with Gasteiger partial charge in [0.05, 0.1) is 13.2 Å². The Bertz CT molecular complexity index is 354. The van der Waals surface area contributed by atoms with Crippen molar-refractivity contribution in [3.63, 3.8) is 0 Å². The number of benzene rings is 1. The van der Waals surface area contributed by atoms with Crippen LogP contribution in [0, 0.1) is 5.92 Å². The van der Waals surface area contributed by atoms with Gasteiger partial charge < -0.3 is 9.47 Å². The van der Waals surface area contributed by atoms with Crippen LogP contribution in [0.1, 0.15) is 19.4 Å². The third-order valence-electron chi connectivity index (χ3n) is 2.02. The van der Waals surface area contributed by atoms with E-state index in [2.05, 4.69) is 0 Å². The molecule has 1 aromatic rings. The highest BCUT2D eigenvalue weighted by Crippen LogP contribution is 2.18. The number of rotatable bonds is 5. The minimum atomic E-state index is -0.655. The zero-order chi connectivity index (χ0) is 12.7. The summed E-state index contributed by atoms with van der Waals surface area (Å²) in [6.45, 7) is 3.81. The number of carbonyl (C=O) groups is 2. The maximum absolute atomic E-state index is 11.7. The van der Waals surface area contributed by atoms with E-state index in [-0.39, 0.29) is 19.1 Å². The monoisotopic (exact) mass is 235 g/mol. The lowest BCUT2D eigenvalue weighted by Gasteiger charge is -2.13. The topological polar surface area (TPSA) is 52.6 Å². The van der Waals surface area contributed by atoms with Crippen LogP contribution in [0.25, 0.3) is 0 Å². The first-order valence-corrected chi connectivity index (χ1v) is 5.47. The molecule has 4 heteroatoms. The molecular weight excluding hydrogens is 220 g/mol. The fraction of sp³-hybridized carbons (Fsp3) is 0.308. The Morgan fingerprint density at radius 2 is 1.41 bits per heavy atom. The third kappa shape index (κ3) is 3.59. The highest BCUT2D eigenvalue weighted by atomic mass is 16.6. The smallest absolute Gasteiger partial charge is 0.330 e. The van der Waals surface area contributed by atoms with Crippen molar-refractivity contribution in [1.29, 1.82) is 0 Å². The molecule has 0 aliphatic heterocycles. The van der Waals surface area contributed by atoms with Crippen molar-refractivity contribution in [2.24, 2.45) is 0 Å². The third-order valence-corrected chi connectivity index (χ3v) is 2.02. The molecule has 0 spiro atoms. The average molecular weight is 235 g/mol. The van der Waals surface area contributed by atoms with Gasteiger partial charge >= 0.3 is 11.9 Å². The molecule has 0 fully saturated rings. The molecule has 0 aliphatic rings. The van der Waals surface area contributed by atoms with Crippen molar-refractivity contribution in [2.75, 3.05) is 13.2 Å². The predicted octanol–water partition coefficient (Wildman–Crippen LogP) is 1.74. The van der Waals surface area contributed by atoms with Crippen molar-refractivity contribution in [2.45, 2.75) is 13.8 Å². The minimum absolute atomic E-state index is 0.0608. The first-order valence-electron chi connectivity index (χ1n) is 5.47. The van der Waals surface area contributed by atoms with Crippen LogP contribution >= 0.6 is 0 Å². The molecule has 0 unspecified atom stereocenters. The van der Waals surface area contributed by atoms with E-state index < -0.39 is 11.9 Å². The van der Waals surface area contributed by atoms with E-state index in [0.717, 1.165) is 0 Å². The lowest BCUT2D eigenvalue weighted by molar-refractivity contribution is -0.149. The van der Waals surface area contributed by atoms with E-state index in [9.17, 15) is 9.59 Å². The van der Waals surface area contributed by atoms with Gasteiger partial charge in [-0.1, -0.05) is 30.3 Å². The van der Waals surface area contributed by atoms with Crippen LogP contribution in [0.4, 0.5) is 0 Å². The standard InChI is InChI=1S/C13H15O4/c1-3-16-12(14)11(13(15)17-4-2)10-8-6-5-7-9-10/h5-9H,3-4H2,1-2H3. The molecule has 0 N–H and O–H groups in total. The van der Waals surface area contributed by atoms with Gasteiger partial charge in [-0.05, 0) is 19.4 Å². The normalized spacial score (nSPS) is 10.1. The fourth-order valence-corrected chi connectivity index (χ4v) is 1.33. The fourth-order valence-electron chi connectivity index (χ4n) is 1.33. The SMILES string of the molecule is CCOC(=O)[C](C(=O)OCC)c1ccccc1. The van der Waals surface area contributed by atoms with E-state index in [1.54, 1.807) is 44.2 Å². The Kier molecular flexibility index (Phi) is 5.20. The maximum Gasteiger partial charge on any atom is 0.330 e. The van der Waals surface area contributed by atoms with E-state index in [1.807, 2.05) is 0 Å². The molecule has 1 radical (unpaired) electrons. The largest absolute Gasteiger partial charge is 0.465 e. The Morgan fingerprint density at radius 1 is 0.941 bits per heavy atom. The summed E-state index contributed by atoms with van der Waals surface area (Å²) in [5.41, 5.74) is 0.504.